The van der Waals surface area contributed by atoms with Crippen LogP contribution in [0, 0.1) is 0 Å². The molecule has 1 aliphatic heterocycles. The summed E-state index contributed by atoms with van der Waals surface area (Å²) in [4.78, 5) is 12.8. The smallest absolute Gasteiger partial charge is 0.306 e. The second kappa shape index (κ2) is 38.9. The first-order chi connectivity index (χ1) is 27.4. The molecule has 0 aromatic heterocycles. The Balaban J connectivity index is 2.26. The summed E-state index contributed by atoms with van der Waals surface area (Å²) in [6.45, 7) is 4.50. The van der Waals surface area contributed by atoms with Crippen LogP contribution in [0.1, 0.15) is 194 Å². The lowest BCUT2D eigenvalue weighted by molar-refractivity contribution is -0.305. The maximum absolute atomic E-state index is 12.8. The molecule has 0 bridgehead atoms. The van der Waals surface area contributed by atoms with E-state index >= 15 is 0 Å². The van der Waals surface area contributed by atoms with Crippen molar-refractivity contribution in [1.82, 2.24) is 0 Å². The van der Waals surface area contributed by atoms with Crippen molar-refractivity contribution < 1.29 is 44.2 Å². The van der Waals surface area contributed by atoms with Gasteiger partial charge in [0.15, 0.2) is 6.29 Å². The van der Waals surface area contributed by atoms with E-state index in [0.717, 1.165) is 51.4 Å². The average Bonchev–Trinajstić information content (AvgIpc) is 3.20. The molecule has 6 atom stereocenters. The van der Waals surface area contributed by atoms with E-state index in [1.165, 1.54) is 122 Å². The molecule has 1 aliphatic rings. The van der Waals surface area contributed by atoms with E-state index in [1.807, 2.05) is 0 Å². The largest absolute Gasteiger partial charge is 0.457 e. The van der Waals surface area contributed by atoms with Crippen LogP contribution < -0.4 is 0 Å². The molecule has 0 saturated carbocycles. The summed E-state index contributed by atoms with van der Waals surface area (Å²) in [5.41, 5.74) is 0. The van der Waals surface area contributed by atoms with Crippen molar-refractivity contribution in [3.63, 3.8) is 0 Å². The summed E-state index contributed by atoms with van der Waals surface area (Å²) in [5, 5.41) is 40.1. The third-order valence-electron chi connectivity index (χ3n) is 10.5. The molecule has 1 rings (SSSR count). The normalized spacial score (nSPS) is 20.9. The lowest BCUT2D eigenvalue weighted by Crippen LogP contribution is -2.59. The molecule has 9 nitrogen and oxygen atoms in total. The SMILES string of the molecule is CCCC/C=C\C/C=C\CCCCCCCCOCC(COC1OC(CO)C(O)C(O)C1O)OC(=O)CCCCCCCCC/C=C\CCCCCCCCC. The average molecular weight is 795 g/mol. The molecule has 0 spiro atoms. The Morgan fingerprint density at radius 2 is 1.05 bits per heavy atom. The van der Waals surface area contributed by atoms with Crippen LogP contribution in [-0.2, 0) is 23.7 Å². The van der Waals surface area contributed by atoms with Gasteiger partial charge in [-0.3, -0.25) is 4.79 Å². The van der Waals surface area contributed by atoms with Crippen LogP contribution >= 0.6 is 0 Å². The van der Waals surface area contributed by atoms with Crippen LogP contribution in [0.3, 0.4) is 0 Å². The molecule has 1 heterocycles. The second-order valence-corrected chi connectivity index (χ2v) is 15.8. The summed E-state index contributed by atoms with van der Waals surface area (Å²) in [7, 11) is 0. The van der Waals surface area contributed by atoms with Crippen LogP contribution in [0.5, 0.6) is 0 Å². The molecule has 9 heteroatoms. The van der Waals surface area contributed by atoms with Crippen molar-refractivity contribution in [2.24, 2.45) is 0 Å². The molecule has 1 fully saturated rings. The molecule has 0 aliphatic carbocycles. The number of ether oxygens (including phenoxy) is 4. The molecular weight excluding hydrogens is 709 g/mol. The number of esters is 1. The first kappa shape index (κ1) is 52.4. The molecule has 1 saturated heterocycles. The van der Waals surface area contributed by atoms with E-state index in [2.05, 4.69) is 50.3 Å². The number of carbonyl (C=O) groups excluding carboxylic acids is 1. The Labute approximate surface area is 342 Å². The van der Waals surface area contributed by atoms with E-state index < -0.39 is 43.4 Å². The molecule has 4 N–H and O–H groups in total. The van der Waals surface area contributed by atoms with Gasteiger partial charge in [-0.05, 0) is 64.2 Å². The summed E-state index contributed by atoms with van der Waals surface area (Å²) in [6, 6.07) is 0. The minimum absolute atomic E-state index is 0.119. The number of aliphatic hydroxyl groups excluding tert-OH is 4. The Morgan fingerprint density at radius 1 is 0.571 bits per heavy atom. The summed E-state index contributed by atoms with van der Waals surface area (Å²) in [6.07, 6.45) is 38.8. The van der Waals surface area contributed by atoms with Crippen molar-refractivity contribution in [2.45, 2.75) is 230 Å². The van der Waals surface area contributed by atoms with Gasteiger partial charge in [0, 0.05) is 13.0 Å². The number of hydrogen-bond acceptors (Lipinski definition) is 9. The van der Waals surface area contributed by atoms with Crippen molar-refractivity contribution in [2.75, 3.05) is 26.4 Å². The zero-order chi connectivity index (χ0) is 40.7. The number of carbonyl (C=O) groups is 1. The predicted octanol–water partition coefficient (Wildman–Crippen LogP) is 10.4. The lowest BCUT2D eigenvalue weighted by atomic mass is 9.99. The Bertz CT molecular complexity index is 952. The van der Waals surface area contributed by atoms with Crippen molar-refractivity contribution in [1.29, 1.82) is 0 Å². The standard InChI is InChI=1S/C47H86O9/c1-3-5-7-9-11-13-15-17-19-20-21-22-24-26-28-30-32-34-36-43(49)55-41(40-54-47-46(52)45(51)44(50)42(38-48)56-47)39-53-37-35-33-31-29-27-25-23-18-16-14-12-10-8-6-4-2/h10,12,16,18-20,41-42,44-48,50-52H,3-9,11,13-15,17,21-40H2,1-2H3/b12-10-,18-16-,20-19-. The molecule has 328 valence electrons. The molecule has 0 aromatic carbocycles. The topological polar surface area (TPSA) is 135 Å². The minimum Gasteiger partial charge on any atom is -0.457 e. The first-order valence-electron chi connectivity index (χ1n) is 23.1. The molecule has 56 heavy (non-hydrogen) atoms. The van der Waals surface area contributed by atoms with Crippen LogP contribution in [0.15, 0.2) is 36.5 Å². The Kier molecular flexibility index (Phi) is 36.4. The quantitative estimate of drug-likeness (QED) is 0.0272. The van der Waals surface area contributed by atoms with Crippen LogP contribution in [0.4, 0.5) is 0 Å². The molecular formula is C47H86O9. The number of rotatable bonds is 39. The lowest BCUT2D eigenvalue weighted by Gasteiger charge is -2.39. The minimum atomic E-state index is -1.54. The Morgan fingerprint density at radius 3 is 1.61 bits per heavy atom. The predicted molar refractivity (Wildman–Crippen MR) is 228 cm³/mol. The van der Waals surface area contributed by atoms with E-state index in [-0.39, 0.29) is 19.2 Å². The highest BCUT2D eigenvalue weighted by molar-refractivity contribution is 5.69. The third kappa shape index (κ3) is 29.6. The summed E-state index contributed by atoms with van der Waals surface area (Å²) >= 11 is 0. The van der Waals surface area contributed by atoms with Crippen molar-refractivity contribution >= 4 is 5.97 Å². The van der Waals surface area contributed by atoms with E-state index in [9.17, 15) is 25.2 Å². The van der Waals surface area contributed by atoms with Gasteiger partial charge in [0.25, 0.3) is 0 Å². The maximum Gasteiger partial charge on any atom is 0.306 e. The van der Waals surface area contributed by atoms with Crippen molar-refractivity contribution in [3.8, 4) is 0 Å². The van der Waals surface area contributed by atoms with E-state index in [0.29, 0.717) is 13.0 Å². The first-order valence-corrected chi connectivity index (χ1v) is 23.1. The van der Waals surface area contributed by atoms with Gasteiger partial charge in [0.2, 0.25) is 0 Å². The third-order valence-corrected chi connectivity index (χ3v) is 10.5. The second-order valence-electron chi connectivity index (χ2n) is 15.8. The molecule has 0 amide bonds. The van der Waals surface area contributed by atoms with E-state index in [1.54, 1.807) is 0 Å². The van der Waals surface area contributed by atoms with Gasteiger partial charge in [0.05, 0.1) is 19.8 Å². The number of hydrogen-bond donors (Lipinski definition) is 4. The van der Waals surface area contributed by atoms with Gasteiger partial charge < -0.3 is 39.4 Å². The fraction of sp³-hybridized carbons (Fsp3) is 0.851. The number of allylic oxidation sites excluding steroid dienone is 6. The van der Waals surface area contributed by atoms with Crippen LogP contribution in [0.2, 0.25) is 0 Å². The molecule has 0 aromatic rings. The van der Waals surface area contributed by atoms with Crippen LogP contribution in [-0.4, -0.2) is 89.6 Å². The highest BCUT2D eigenvalue weighted by atomic mass is 16.7. The Hall–Kier alpha value is -1.59. The number of aliphatic hydroxyl groups is 4. The van der Waals surface area contributed by atoms with Crippen molar-refractivity contribution in [3.05, 3.63) is 36.5 Å². The maximum atomic E-state index is 12.8. The molecule has 0 radical (unpaired) electrons. The van der Waals surface area contributed by atoms with Gasteiger partial charge in [-0.2, -0.15) is 0 Å². The zero-order valence-electron chi connectivity index (χ0n) is 35.9. The molecule has 6 unspecified atom stereocenters. The fourth-order valence-electron chi connectivity index (χ4n) is 6.86. The summed E-state index contributed by atoms with van der Waals surface area (Å²) < 4.78 is 22.8. The zero-order valence-corrected chi connectivity index (χ0v) is 35.9. The monoisotopic (exact) mass is 795 g/mol. The van der Waals surface area contributed by atoms with Crippen LogP contribution in [0.25, 0.3) is 0 Å². The number of unbranched alkanes of at least 4 members (excludes halogenated alkanes) is 22. The highest BCUT2D eigenvalue weighted by Gasteiger charge is 2.44. The van der Waals surface area contributed by atoms with Gasteiger partial charge in [-0.1, -0.05) is 159 Å². The van der Waals surface area contributed by atoms with E-state index in [4.69, 9.17) is 18.9 Å². The summed E-state index contributed by atoms with van der Waals surface area (Å²) in [5.74, 6) is -0.322. The van der Waals surface area contributed by atoms with Gasteiger partial charge in [-0.25, -0.2) is 0 Å². The van der Waals surface area contributed by atoms with Gasteiger partial charge >= 0.3 is 5.97 Å². The van der Waals surface area contributed by atoms with Gasteiger partial charge in [0.1, 0.15) is 30.5 Å². The highest BCUT2D eigenvalue weighted by Crippen LogP contribution is 2.22. The van der Waals surface area contributed by atoms with Gasteiger partial charge in [-0.15, -0.1) is 0 Å². The fourth-order valence-corrected chi connectivity index (χ4v) is 6.86.